The molecule has 0 bridgehead atoms. The molecule has 0 aromatic heterocycles. The Hall–Kier alpha value is 2.45. The van der Waals surface area contributed by atoms with Gasteiger partial charge in [-0.05, 0) is 73.4 Å². The highest BCUT2D eigenvalue weighted by atomic mass is 32.1. The van der Waals surface area contributed by atoms with E-state index in [1.807, 2.05) is 0 Å². The van der Waals surface area contributed by atoms with Crippen molar-refractivity contribution in [1.29, 1.82) is 0 Å². The van der Waals surface area contributed by atoms with Crippen molar-refractivity contribution in [1.82, 2.24) is 0 Å². The highest BCUT2D eigenvalue weighted by Gasteiger charge is 2.25. The van der Waals surface area contributed by atoms with Crippen LogP contribution in [0.15, 0.2) is 0 Å². The summed E-state index contributed by atoms with van der Waals surface area (Å²) in [4.78, 5) is 0. The van der Waals surface area contributed by atoms with Crippen LogP contribution < -0.4 is 0 Å². The molecule has 0 aromatic carbocycles. The maximum Gasteiger partial charge on any atom is 0.00565 e. The molecule has 134 valence electrons. The quantitative estimate of drug-likeness (QED) is 0.179. The van der Waals surface area contributed by atoms with Gasteiger partial charge in [0.25, 0.3) is 0 Å². The van der Waals surface area contributed by atoms with Crippen LogP contribution in [-0.2, 0) is 0 Å². The van der Waals surface area contributed by atoms with Crippen molar-refractivity contribution < 1.29 is 0 Å². The van der Waals surface area contributed by atoms with E-state index < -0.39 is 0 Å². The lowest BCUT2D eigenvalue weighted by Crippen LogP contribution is -2.28. The Morgan fingerprint density at radius 3 is 1.59 bits per heavy atom. The molecule has 5 unspecified atom stereocenters. The van der Waals surface area contributed by atoms with Gasteiger partial charge < -0.3 is 0 Å². The van der Waals surface area contributed by atoms with E-state index >= 15 is 0 Å². The van der Waals surface area contributed by atoms with Gasteiger partial charge in [-0.25, -0.2) is 0 Å². The minimum absolute atomic E-state index is 0.339. The molecule has 0 amide bonds. The van der Waals surface area contributed by atoms with Crippen LogP contribution in [0.3, 0.4) is 0 Å². The fourth-order valence-electron chi connectivity index (χ4n) is 2.54. The fraction of sp³-hybridized carbons (Fsp3) is 1.00. The second kappa shape index (κ2) is 15.7. The Morgan fingerprint density at radius 2 is 1.09 bits per heavy atom. The Labute approximate surface area is 176 Å². The summed E-state index contributed by atoms with van der Waals surface area (Å²) in [5.74, 6) is 4.56. The van der Waals surface area contributed by atoms with Gasteiger partial charge in [0.15, 0.2) is 0 Å². The first-order valence-electron chi connectivity index (χ1n) is 7.97. The van der Waals surface area contributed by atoms with Crippen LogP contribution in [0.4, 0.5) is 0 Å². The third-order valence-electron chi connectivity index (χ3n) is 4.03. The third-order valence-corrected chi connectivity index (χ3v) is 7.38. The zero-order valence-corrected chi connectivity index (χ0v) is 19.3. The van der Waals surface area contributed by atoms with Crippen molar-refractivity contribution in [3.63, 3.8) is 0 Å². The van der Waals surface area contributed by atoms with Gasteiger partial charge in [-0.15, -0.1) is 0 Å². The molecule has 0 saturated heterocycles. The van der Waals surface area contributed by atoms with E-state index in [9.17, 15) is 0 Å². The maximum atomic E-state index is 4.87. The van der Waals surface area contributed by atoms with Crippen LogP contribution in [0, 0.1) is 11.8 Å². The van der Waals surface area contributed by atoms with E-state index in [2.05, 4.69) is 50.5 Å². The Kier molecular flexibility index (Phi) is 17.4. The SMILES string of the molecule is SCCCC(S)CC(CS)C(S)CC(CS)C(S)CCCS. The van der Waals surface area contributed by atoms with Crippen LogP contribution >= 0.6 is 88.4 Å². The normalized spacial score (nSPS) is 18.7. The molecule has 0 saturated carbocycles. The lowest BCUT2D eigenvalue weighted by atomic mass is 9.90. The zero-order chi connectivity index (χ0) is 17.0. The summed E-state index contributed by atoms with van der Waals surface area (Å²) >= 11 is 32.0. The third kappa shape index (κ3) is 11.1. The summed E-state index contributed by atoms with van der Waals surface area (Å²) in [6.07, 6.45) is 6.56. The average molecular weight is 437 g/mol. The fourth-order valence-corrected chi connectivity index (χ4v) is 5.41. The molecule has 0 spiro atoms. The van der Waals surface area contributed by atoms with E-state index in [1.165, 1.54) is 0 Å². The number of thiol groups is 7. The lowest BCUT2D eigenvalue weighted by molar-refractivity contribution is 0.414. The molecule has 0 aliphatic heterocycles. The van der Waals surface area contributed by atoms with Crippen LogP contribution in [0.25, 0.3) is 0 Å². The molecule has 22 heavy (non-hydrogen) atoms. The number of rotatable bonds is 14. The van der Waals surface area contributed by atoms with E-state index in [0.29, 0.717) is 27.6 Å². The van der Waals surface area contributed by atoms with Gasteiger partial charge in [0, 0.05) is 15.7 Å². The largest absolute Gasteiger partial charge is 0.179 e. The van der Waals surface area contributed by atoms with E-state index in [4.69, 9.17) is 37.9 Å². The van der Waals surface area contributed by atoms with Crippen molar-refractivity contribution in [2.24, 2.45) is 11.8 Å². The molecule has 0 rings (SSSR count). The Morgan fingerprint density at radius 1 is 0.591 bits per heavy atom. The second-order valence-corrected chi connectivity index (χ2v) is 9.56. The maximum absolute atomic E-state index is 4.87. The van der Waals surface area contributed by atoms with Gasteiger partial charge in [-0.2, -0.15) is 88.4 Å². The summed E-state index contributed by atoms with van der Waals surface area (Å²) < 4.78 is 0. The van der Waals surface area contributed by atoms with Gasteiger partial charge in [-0.3, -0.25) is 0 Å². The van der Waals surface area contributed by atoms with Crippen molar-refractivity contribution in [3.8, 4) is 0 Å². The van der Waals surface area contributed by atoms with Gasteiger partial charge >= 0.3 is 0 Å². The smallest absolute Gasteiger partial charge is 0.00565 e. The number of hydrogen-bond acceptors (Lipinski definition) is 7. The molecule has 0 heterocycles. The molecular weight excluding hydrogens is 405 g/mol. The molecular formula is C15H32S7. The Balaban J connectivity index is 4.38. The summed E-state index contributed by atoms with van der Waals surface area (Å²) in [6, 6.07) is 0. The van der Waals surface area contributed by atoms with Crippen LogP contribution in [0.5, 0.6) is 0 Å². The molecule has 5 atom stereocenters. The predicted molar refractivity (Wildman–Crippen MR) is 128 cm³/mol. The summed E-state index contributed by atoms with van der Waals surface area (Å²) in [7, 11) is 0. The van der Waals surface area contributed by atoms with E-state index in [0.717, 1.165) is 61.5 Å². The average Bonchev–Trinajstić information content (AvgIpc) is 2.52. The first-order chi connectivity index (χ1) is 10.5. The van der Waals surface area contributed by atoms with E-state index in [1.54, 1.807) is 0 Å². The van der Waals surface area contributed by atoms with Crippen molar-refractivity contribution in [2.75, 3.05) is 23.0 Å². The second-order valence-electron chi connectivity index (χ2n) is 5.88. The van der Waals surface area contributed by atoms with Gasteiger partial charge in [0.1, 0.15) is 0 Å². The lowest BCUT2D eigenvalue weighted by Gasteiger charge is -2.29. The van der Waals surface area contributed by atoms with Gasteiger partial charge in [0.2, 0.25) is 0 Å². The molecule has 0 N–H and O–H groups in total. The zero-order valence-electron chi connectivity index (χ0n) is 13.1. The minimum Gasteiger partial charge on any atom is -0.179 e. The molecule has 0 nitrogen and oxygen atoms in total. The van der Waals surface area contributed by atoms with E-state index in [-0.39, 0.29) is 0 Å². The minimum atomic E-state index is 0.339. The van der Waals surface area contributed by atoms with Gasteiger partial charge in [-0.1, -0.05) is 0 Å². The first kappa shape index (κ1) is 24.5. The summed E-state index contributed by atoms with van der Waals surface area (Å²) in [5, 5.41) is 1.14. The van der Waals surface area contributed by atoms with Gasteiger partial charge in [0.05, 0.1) is 0 Å². The molecule has 7 heteroatoms. The van der Waals surface area contributed by atoms with Crippen molar-refractivity contribution in [2.45, 2.75) is 54.3 Å². The Bertz CT molecular complexity index is 252. The topological polar surface area (TPSA) is 0 Å². The monoisotopic (exact) mass is 436 g/mol. The number of hydrogen-bond donors (Lipinski definition) is 7. The molecule has 0 radical (unpaired) electrons. The predicted octanol–water partition coefficient (Wildman–Crippen LogP) is 5.17. The van der Waals surface area contributed by atoms with Crippen LogP contribution in [0.1, 0.15) is 38.5 Å². The van der Waals surface area contributed by atoms with Crippen molar-refractivity contribution >= 4 is 88.4 Å². The molecule has 0 aliphatic rings. The molecule has 0 fully saturated rings. The first-order valence-corrected chi connectivity index (χ1v) is 12.1. The van der Waals surface area contributed by atoms with Crippen LogP contribution in [-0.4, -0.2) is 38.8 Å². The highest BCUT2D eigenvalue weighted by molar-refractivity contribution is 7.82. The molecule has 0 aliphatic carbocycles. The standard InChI is InChI=1S/C15H32S7/c16-5-1-3-13(20)7-11(9-18)15(22)8-12(10-19)14(21)4-2-6-17/h11-22H,1-10H2. The van der Waals surface area contributed by atoms with Crippen LogP contribution in [0.2, 0.25) is 0 Å². The van der Waals surface area contributed by atoms with Crippen molar-refractivity contribution in [3.05, 3.63) is 0 Å². The molecule has 0 aromatic rings. The highest BCUT2D eigenvalue weighted by Crippen LogP contribution is 2.31. The summed E-state index contributed by atoms with van der Waals surface area (Å²) in [6.45, 7) is 0. The summed E-state index contributed by atoms with van der Waals surface area (Å²) in [5.41, 5.74) is 0.